The zero-order chi connectivity index (χ0) is 14.0. The van der Waals surface area contributed by atoms with Crippen molar-refractivity contribution in [2.75, 3.05) is 6.61 Å². The van der Waals surface area contributed by atoms with E-state index in [1.807, 2.05) is 30.3 Å². The minimum absolute atomic E-state index is 0.142. The van der Waals surface area contributed by atoms with E-state index >= 15 is 0 Å². The standard InChI is InChI=1S/C17H23NO2/c1-2-8-15-13-20-17(11-6-7-12-17)18(15)16(19)14-9-4-3-5-10-14/h3-5,9-10,15H,2,6-8,11-13H2,1H3/t15-/m0/s1. The summed E-state index contributed by atoms with van der Waals surface area (Å²) in [5, 5.41) is 0. The Morgan fingerprint density at radius 2 is 2.00 bits per heavy atom. The fraction of sp³-hybridized carbons (Fsp3) is 0.588. The van der Waals surface area contributed by atoms with Crippen molar-refractivity contribution in [2.24, 2.45) is 0 Å². The average molecular weight is 273 g/mol. The Balaban J connectivity index is 1.90. The van der Waals surface area contributed by atoms with Crippen molar-refractivity contribution in [2.45, 2.75) is 57.2 Å². The molecule has 1 aromatic rings. The van der Waals surface area contributed by atoms with Gasteiger partial charge in [0.2, 0.25) is 0 Å². The molecule has 1 aliphatic carbocycles. The number of carbonyl (C=O) groups excluding carboxylic acids is 1. The Bertz CT molecular complexity index is 465. The molecule has 2 aliphatic rings. The maximum atomic E-state index is 12.9. The number of ether oxygens (including phenoxy) is 1. The largest absolute Gasteiger partial charge is 0.353 e. The molecule has 1 heterocycles. The quantitative estimate of drug-likeness (QED) is 0.842. The molecule has 0 N–H and O–H groups in total. The highest BCUT2D eigenvalue weighted by Gasteiger charge is 2.51. The number of benzene rings is 1. The highest BCUT2D eigenvalue weighted by Crippen LogP contribution is 2.43. The van der Waals surface area contributed by atoms with Gasteiger partial charge in [-0.05, 0) is 44.2 Å². The molecule has 3 heteroatoms. The van der Waals surface area contributed by atoms with Gasteiger partial charge in [-0.1, -0.05) is 31.5 Å². The van der Waals surface area contributed by atoms with Crippen LogP contribution in [0.4, 0.5) is 0 Å². The van der Waals surface area contributed by atoms with E-state index in [1.165, 1.54) is 0 Å². The topological polar surface area (TPSA) is 29.5 Å². The summed E-state index contributed by atoms with van der Waals surface area (Å²) >= 11 is 0. The van der Waals surface area contributed by atoms with E-state index in [9.17, 15) is 4.79 Å². The Hall–Kier alpha value is -1.35. The number of hydrogen-bond acceptors (Lipinski definition) is 2. The van der Waals surface area contributed by atoms with Crippen LogP contribution in [0.1, 0.15) is 55.8 Å². The van der Waals surface area contributed by atoms with Gasteiger partial charge in [0.25, 0.3) is 5.91 Å². The van der Waals surface area contributed by atoms with Gasteiger partial charge in [0.15, 0.2) is 0 Å². The monoisotopic (exact) mass is 273 g/mol. The molecule has 1 spiro atoms. The maximum absolute atomic E-state index is 12.9. The predicted molar refractivity (Wildman–Crippen MR) is 78.5 cm³/mol. The molecule has 0 radical (unpaired) electrons. The highest BCUT2D eigenvalue weighted by molar-refractivity contribution is 5.95. The lowest BCUT2D eigenvalue weighted by atomic mass is 10.0. The summed E-state index contributed by atoms with van der Waals surface area (Å²) in [6.07, 6.45) is 6.43. The smallest absolute Gasteiger partial charge is 0.256 e. The molecule has 3 rings (SSSR count). The lowest BCUT2D eigenvalue weighted by Crippen LogP contribution is -2.50. The Morgan fingerprint density at radius 3 is 2.65 bits per heavy atom. The van der Waals surface area contributed by atoms with Gasteiger partial charge < -0.3 is 9.64 Å². The minimum Gasteiger partial charge on any atom is -0.353 e. The number of hydrogen-bond donors (Lipinski definition) is 0. The van der Waals surface area contributed by atoms with Crippen LogP contribution in [0.15, 0.2) is 30.3 Å². The third-order valence-electron chi connectivity index (χ3n) is 4.59. The second-order valence-corrected chi connectivity index (χ2v) is 5.95. The molecule has 1 aromatic carbocycles. The molecule has 1 saturated carbocycles. The first-order chi connectivity index (χ1) is 9.77. The van der Waals surface area contributed by atoms with E-state index < -0.39 is 0 Å². The van der Waals surface area contributed by atoms with Crippen LogP contribution in [-0.2, 0) is 4.74 Å². The van der Waals surface area contributed by atoms with Gasteiger partial charge in [0.05, 0.1) is 12.6 Å². The summed E-state index contributed by atoms with van der Waals surface area (Å²) in [5.41, 5.74) is 0.470. The third kappa shape index (κ3) is 2.24. The third-order valence-corrected chi connectivity index (χ3v) is 4.59. The highest BCUT2D eigenvalue weighted by atomic mass is 16.5. The van der Waals surface area contributed by atoms with E-state index in [0.29, 0.717) is 6.61 Å². The summed E-state index contributed by atoms with van der Waals surface area (Å²) in [6.45, 7) is 2.87. The van der Waals surface area contributed by atoms with Crippen LogP contribution in [0.5, 0.6) is 0 Å². The van der Waals surface area contributed by atoms with Crippen molar-refractivity contribution in [3.63, 3.8) is 0 Å². The summed E-state index contributed by atoms with van der Waals surface area (Å²) < 4.78 is 6.13. The van der Waals surface area contributed by atoms with Crippen molar-refractivity contribution in [1.82, 2.24) is 4.90 Å². The normalized spacial score (nSPS) is 24.4. The Kier molecular flexibility index (Phi) is 3.79. The predicted octanol–water partition coefficient (Wildman–Crippen LogP) is 3.60. The summed E-state index contributed by atoms with van der Waals surface area (Å²) in [5.74, 6) is 0.142. The lowest BCUT2D eigenvalue weighted by Gasteiger charge is -2.36. The van der Waals surface area contributed by atoms with Crippen LogP contribution in [0.3, 0.4) is 0 Å². The van der Waals surface area contributed by atoms with Gasteiger partial charge in [-0.2, -0.15) is 0 Å². The molecule has 0 unspecified atom stereocenters. The Labute approximate surface area is 120 Å². The van der Waals surface area contributed by atoms with Crippen molar-refractivity contribution >= 4 is 5.91 Å². The van der Waals surface area contributed by atoms with Gasteiger partial charge in [-0.3, -0.25) is 4.79 Å². The van der Waals surface area contributed by atoms with E-state index in [-0.39, 0.29) is 17.7 Å². The van der Waals surface area contributed by atoms with Crippen molar-refractivity contribution in [1.29, 1.82) is 0 Å². The Morgan fingerprint density at radius 1 is 1.30 bits per heavy atom. The van der Waals surface area contributed by atoms with Crippen LogP contribution < -0.4 is 0 Å². The zero-order valence-corrected chi connectivity index (χ0v) is 12.2. The van der Waals surface area contributed by atoms with E-state index in [0.717, 1.165) is 44.1 Å². The van der Waals surface area contributed by atoms with Crippen LogP contribution in [-0.4, -0.2) is 29.2 Å². The molecule has 108 valence electrons. The zero-order valence-electron chi connectivity index (χ0n) is 12.2. The van der Waals surface area contributed by atoms with Gasteiger partial charge in [-0.15, -0.1) is 0 Å². The van der Waals surface area contributed by atoms with Crippen LogP contribution in [0.25, 0.3) is 0 Å². The average Bonchev–Trinajstić information content (AvgIpc) is 3.09. The molecule has 1 aliphatic heterocycles. The van der Waals surface area contributed by atoms with Gasteiger partial charge in [-0.25, -0.2) is 0 Å². The van der Waals surface area contributed by atoms with E-state index in [4.69, 9.17) is 4.74 Å². The molecular formula is C17H23NO2. The van der Waals surface area contributed by atoms with Gasteiger partial charge in [0.1, 0.15) is 5.72 Å². The van der Waals surface area contributed by atoms with E-state index in [1.54, 1.807) is 0 Å². The first-order valence-electron chi connectivity index (χ1n) is 7.79. The lowest BCUT2D eigenvalue weighted by molar-refractivity contribution is -0.0643. The molecule has 1 amide bonds. The fourth-order valence-corrected chi connectivity index (χ4v) is 3.66. The van der Waals surface area contributed by atoms with Crippen molar-refractivity contribution < 1.29 is 9.53 Å². The molecule has 20 heavy (non-hydrogen) atoms. The van der Waals surface area contributed by atoms with Crippen LogP contribution in [0.2, 0.25) is 0 Å². The van der Waals surface area contributed by atoms with Crippen molar-refractivity contribution in [3.8, 4) is 0 Å². The molecule has 0 aromatic heterocycles. The fourth-order valence-electron chi connectivity index (χ4n) is 3.66. The number of amides is 1. The molecule has 1 saturated heterocycles. The molecule has 1 atom stereocenters. The number of rotatable bonds is 3. The van der Waals surface area contributed by atoms with Gasteiger partial charge in [0, 0.05) is 5.56 Å². The summed E-state index contributed by atoms with van der Waals surface area (Å²) in [4.78, 5) is 15.0. The molecule has 3 nitrogen and oxygen atoms in total. The minimum atomic E-state index is -0.313. The summed E-state index contributed by atoms with van der Waals surface area (Å²) in [6, 6.07) is 9.87. The first kappa shape index (κ1) is 13.6. The van der Waals surface area contributed by atoms with E-state index in [2.05, 4.69) is 11.8 Å². The second kappa shape index (κ2) is 5.57. The number of nitrogens with zero attached hydrogens (tertiary/aromatic N) is 1. The summed E-state index contributed by atoms with van der Waals surface area (Å²) in [7, 11) is 0. The van der Waals surface area contributed by atoms with Crippen molar-refractivity contribution in [3.05, 3.63) is 35.9 Å². The first-order valence-corrected chi connectivity index (χ1v) is 7.79. The second-order valence-electron chi connectivity index (χ2n) is 5.95. The number of carbonyl (C=O) groups is 1. The van der Waals surface area contributed by atoms with Gasteiger partial charge >= 0.3 is 0 Å². The molecule has 0 bridgehead atoms. The molecular weight excluding hydrogens is 250 g/mol. The maximum Gasteiger partial charge on any atom is 0.256 e. The molecule has 2 fully saturated rings. The van der Waals surface area contributed by atoms with Crippen LogP contribution in [0, 0.1) is 0 Å². The van der Waals surface area contributed by atoms with Crippen LogP contribution >= 0.6 is 0 Å². The SMILES string of the molecule is CCC[C@H]1COC2(CCCC2)N1C(=O)c1ccccc1.